The van der Waals surface area contributed by atoms with E-state index in [1.807, 2.05) is 6.92 Å². The van der Waals surface area contributed by atoms with Crippen LogP contribution in [0.5, 0.6) is 0 Å². The average Bonchev–Trinajstić information content (AvgIpc) is 2.86. The van der Waals surface area contributed by atoms with Crippen molar-refractivity contribution in [2.24, 2.45) is 17.0 Å². The van der Waals surface area contributed by atoms with Crippen LogP contribution in [0.4, 0.5) is 0 Å². The maximum atomic E-state index is 12.0. The van der Waals surface area contributed by atoms with E-state index in [9.17, 15) is 24.6 Å². The Bertz CT molecular complexity index is 933. The molecule has 2 heterocycles. The molecule has 0 amide bonds. The van der Waals surface area contributed by atoms with E-state index in [4.69, 9.17) is 28.4 Å². The van der Waals surface area contributed by atoms with Crippen LogP contribution >= 0.6 is 21.1 Å². The molecule has 39 heavy (non-hydrogen) atoms. The van der Waals surface area contributed by atoms with Crippen LogP contribution in [-0.2, 0) is 47.5 Å². The third kappa shape index (κ3) is 9.16. The Hall–Kier alpha value is -1.69. The van der Waals surface area contributed by atoms with Crippen molar-refractivity contribution in [3.05, 3.63) is 10.4 Å². The second-order valence-electron chi connectivity index (χ2n) is 9.63. The number of ether oxygens (including phenoxy) is 6. The van der Waals surface area contributed by atoms with Gasteiger partial charge in [0.05, 0.1) is 0 Å². The van der Waals surface area contributed by atoms with E-state index in [1.165, 1.54) is 6.92 Å². The summed E-state index contributed by atoms with van der Waals surface area (Å²) in [6.07, 6.45) is -4.95. The zero-order chi connectivity index (χ0) is 29.3. The molecule has 2 rings (SSSR count). The fraction of sp³-hybridized carbons (Fsp3) is 0.864. The minimum atomic E-state index is -1.31. The molecule has 0 radical (unpaired) electrons. The fourth-order valence-electron chi connectivity index (χ4n) is 4.82. The predicted molar refractivity (Wildman–Crippen MR) is 146 cm³/mol. The number of carbonyl (C=O) groups is 3. The molecule has 0 aromatic carbocycles. The summed E-state index contributed by atoms with van der Waals surface area (Å²) in [6, 6.07) is -1.27. The Kier molecular flexibility index (Phi) is 13.7. The van der Waals surface area contributed by atoms with E-state index in [0.29, 0.717) is 6.89 Å². The molecule has 0 aromatic rings. The topological polar surface area (TPSA) is 172 Å². The van der Waals surface area contributed by atoms with Crippen LogP contribution in [0.25, 0.3) is 10.4 Å². The standard InChI is InChI=1S/C22H36B2N3O10PS/c1-7-9(2)16-20(38-24-23-31)10(3)17(22(39)37-16)36-21-15(26-27-25)19(34-13(6)30)18(33-12(5)29)14(35-21)8-32-11(4)28/h9-10,14-22,24,38-39H,7-8H2,1-6H3/t9-,10+,14?,15?,16?,17?,18+,19?,20-,21+,22?/m0/s1. The molecule has 2 fully saturated rings. The molecule has 2 aliphatic rings. The maximum absolute atomic E-state index is 12.0. The molecule has 2 saturated heterocycles. The molecule has 0 N–H and O–H groups in total. The van der Waals surface area contributed by atoms with Crippen LogP contribution in [0.15, 0.2) is 5.11 Å². The number of carbonyl (C=O) groups excluding carboxylic acids is 3. The minimum absolute atomic E-state index is 0.0186. The van der Waals surface area contributed by atoms with Crippen LogP contribution in [0.1, 0.15) is 48.0 Å². The van der Waals surface area contributed by atoms with Gasteiger partial charge in [-0.05, 0) is 0 Å². The molecule has 216 valence electrons. The Morgan fingerprint density at radius 2 is 1.77 bits per heavy atom. The van der Waals surface area contributed by atoms with E-state index < -0.39 is 60.1 Å². The van der Waals surface area contributed by atoms with Crippen LogP contribution in [-0.4, -0.2) is 92.4 Å². The number of thiol groups is 1. The quantitative estimate of drug-likeness (QED) is 0.0520. The van der Waals surface area contributed by atoms with Crippen molar-refractivity contribution in [2.45, 2.75) is 102 Å². The average molecular weight is 587 g/mol. The van der Waals surface area contributed by atoms with Crippen molar-refractivity contribution >= 4 is 52.9 Å². The Morgan fingerprint density at radius 1 is 1.13 bits per heavy atom. The molecule has 17 heteroatoms. The van der Waals surface area contributed by atoms with Gasteiger partial charge in [-0.2, -0.15) is 0 Å². The van der Waals surface area contributed by atoms with Gasteiger partial charge in [0.25, 0.3) is 0 Å². The van der Waals surface area contributed by atoms with Crippen molar-refractivity contribution in [2.75, 3.05) is 6.61 Å². The summed E-state index contributed by atoms with van der Waals surface area (Å²) in [4.78, 5) is 38.3. The van der Waals surface area contributed by atoms with Gasteiger partial charge in [0.1, 0.15) is 0 Å². The van der Waals surface area contributed by atoms with E-state index in [2.05, 4.69) is 36.5 Å². The van der Waals surface area contributed by atoms with Crippen molar-refractivity contribution in [3.8, 4) is 0 Å². The molecule has 13 nitrogen and oxygen atoms in total. The molecule has 2 aliphatic heterocycles. The van der Waals surface area contributed by atoms with Gasteiger partial charge in [-0.1, -0.05) is 0 Å². The third-order valence-corrected chi connectivity index (χ3v) is 8.95. The molecule has 0 aromatic heterocycles. The Labute approximate surface area is 236 Å². The number of nitrogens with zero attached hydrogens (tertiary/aromatic N) is 3. The summed E-state index contributed by atoms with van der Waals surface area (Å²) in [5.41, 5.74) is 8.61. The summed E-state index contributed by atoms with van der Waals surface area (Å²) in [5.74, 6) is -2.00. The fourth-order valence-corrected chi connectivity index (χ4v) is 6.87. The van der Waals surface area contributed by atoms with E-state index in [-0.39, 0.29) is 38.7 Å². The Morgan fingerprint density at radius 3 is 2.31 bits per heavy atom. The van der Waals surface area contributed by atoms with Crippen LogP contribution < -0.4 is 0 Å². The first-order valence-corrected chi connectivity index (χ1v) is 14.6. The molecule has 0 saturated carbocycles. The van der Waals surface area contributed by atoms with E-state index in [0.717, 1.165) is 27.3 Å². The van der Waals surface area contributed by atoms with Crippen molar-refractivity contribution in [3.63, 3.8) is 0 Å². The van der Waals surface area contributed by atoms with Gasteiger partial charge in [0, 0.05) is 13.8 Å². The number of rotatable bonds is 12. The number of hydrogen-bond donors (Lipinski definition) is 1. The number of esters is 3. The SMILES string of the molecule is CC[C@H](C)C1OC(S)C(O[C@H]2OC(COC(C)=O)[C@@H](OC(C)=O)C(OC(C)=O)C2N=[N+]=[N-])[C@@H](C)[C@@H]1PBB=O. The van der Waals surface area contributed by atoms with Crippen molar-refractivity contribution in [1.29, 1.82) is 0 Å². The third-order valence-electron chi connectivity index (χ3n) is 6.80. The van der Waals surface area contributed by atoms with Crippen LogP contribution in [0.2, 0.25) is 0 Å². The monoisotopic (exact) mass is 587 g/mol. The van der Waals surface area contributed by atoms with Gasteiger partial charge in [0.2, 0.25) is 0 Å². The first-order chi connectivity index (χ1) is 18.4. The summed E-state index contributed by atoms with van der Waals surface area (Å²) in [7, 11) is 1.16. The second kappa shape index (κ2) is 15.9. The number of hydrogen-bond acceptors (Lipinski definition) is 12. The summed E-state index contributed by atoms with van der Waals surface area (Å²) < 4.78 is 45.8. The second-order valence-corrected chi connectivity index (χ2v) is 11.6. The molecule has 0 bridgehead atoms. The summed E-state index contributed by atoms with van der Waals surface area (Å²) in [6.45, 7) is 9.64. The van der Waals surface area contributed by atoms with E-state index in [1.54, 1.807) is 0 Å². The van der Waals surface area contributed by atoms with Crippen molar-refractivity contribution in [1.82, 2.24) is 0 Å². The van der Waals surface area contributed by atoms with Gasteiger partial charge >= 0.3 is 213 Å². The normalized spacial score (nSPS) is 35.3. The Balaban J connectivity index is 2.45. The molecule has 7 unspecified atom stereocenters. The van der Waals surface area contributed by atoms with Gasteiger partial charge in [-0.15, -0.1) is 0 Å². The molecular formula is C22H36B2N3O10PS. The zero-order valence-corrected chi connectivity index (χ0v) is 24.8. The molecule has 0 aliphatic carbocycles. The summed E-state index contributed by atoms with van der Waals surface area (Å²) in [5, 5.41) is 3.77. The first-order valence-electron chi connectivity index (χ1n) is 12.8. The first kappa shape index (κ1) is 33.5. The van der Waals surface area contributed by atoms with E-state index >= 15 is 0 Å². The van der Waals surface area contributed by atoms with Crippen molar-refractivity contribution < 1.29 is 47.5 Å². The van der Waals surface area contributed by atoms with Gasteiger partial charge < -0.3 is 0 Å². The van der Waals surface area contributed by atoms with Crippen LogP contribution in [0.3, 0.4) is 0 Å². The predicted octanol–water partition coefficient (Wildman–Crippen LogP) is 1.90. The number of azide groups is 1. The van der Waals surface area contributed by atoms with Crippen LogP contribution in [0, 0.1) is 11.8 Å². The molecule has 12 atom stereocenters. The molecule has 0 spiro atoms. The van der Waals surface area contributed by atoms with Gasteiger partial charge in [-0.3, -0.25) is 9.59 Å². The summed E-state index contributed by atoms with van der Waals surface area (Å²) >= 11 is 4.66. The molecular weight excluding hydrogens is 551 g/mol. The van der Waals surface area contributed by atoms with Gasteiger partial charge in [0.15, 0.2) is 0 Å². The zero-order valence-electron chi connectivity index (χ0n) is 22.9. The van der Waals surface area contributed by atoms with Gasteiger partial charge in [-0.25, -0.2) is 0 Å².